The first-order valence-electron chi connectivity index (χ1n) is 8.85. The van der Waals surface area contributed by atoms with Crippen molar-refractivity contribution >= 4 is 17.4 Å². The fourth-order valence-corrected chi connectivity index (χ4v) is 2.71. The fourth-order valence-electron chi connectivity index (χ4n) is 2.71. The monoisotopic (exact) mass is 423 g/mol. The van der Waals surface area contributed by atoms with Crippen LogP contribution in [-0.4, -0.2) is 21.5 Å². The van der Waals surface area contributed by atoms with Crippen molar-refractivity contribution in [2.75, 3.05) is 5.32 Å². The Balaban J connectivity index is 2.46. The molecule has 0 unspecified atom stereocenters. The van der Waals surface area contributed by atoms with Gasteiger partial charge in [-0.1, -0.05) is 34.6 Å². The number of amides is 1. The second-order valence-electron chi connectivity index (χ2n) is 8.89. The molecule has 1 amide bonds. The molecular formula is C19H23F6N3O. The van der Waals surface area contributed by atoms with Gasteiger partial charge in [0.05, 0.1) is 16.7 Å². The first-order chi connectivity index (χ1) is 12.9. The number of aromatic nitrogens is 2. The average Bonchev–Trinajstić information content (AvgIpc) is 2.79. The Morgan fingerprint density at radius 1 is 1.03 bits per heavy atom. The predicted octanol–water partition coefficient (Wildman–Crippen LogP) is 5.86. The van der Waals surface area contributed by atoms with Crippen molar-refractivity contribution in [1.29, 1.82) is 0 Å². The Morgan fingerprint density at radius 3 is 2.10 bits per heavy atom. The van der Waals surface area contributed by atoms with Crippen molar-refractivity contribution in [1.82, 2.24) is 9.38 Å². The number of halogens is 6. The van der Waals surface area contributed by atoms with E-state index >= 15 is 0 Å². The third-order valence-electron chi connectivity index (χ3n) is 4.37. The number of imidazole rings is 1. The summed E-state index contributed by atoms with van der Waals surface area (Å²) in [5.74, 6) is -0.954. The number of rotatable bonds is 4. The molecule has 2 aromatic heterocycles. The van der Waals surface area contributed by atoms with Gasteiger partial charge in [-0.05, 0) is 24.0 Å². The number of hydrogen-bond acceptors (Lipinski definition) is 2. The van der Waals surface area contributed by atoms with Crippen LogP contribution in [0.1, 0.15) is 52.3 Å². The number of hydrogen-bond donors (Lipinski definition) is 1. The molecule has 0 aliphatic carbocycles. The zero-order chi connectivity index (χ0) is 22.4. The quantitative estimate of drug-likeness (QED) is 0.627. The van der Waals surface area contributed by atoms with Crippen LogP contribution in [0.2, 0.25) is 0 Å². The molecule has 29 heavy (non-hydrogen) atoms. The Morgan fingerprint density at radius 2 is 1.62 bits per heavy atom. The lowest BCUT2D eigenvalue weighted by Gasteiger charge is -2.26. The van der Waals surface area contributed by atoms with Crippen molar-refractivity contribution in [3.8, 4) is 0 Å². The van der Waals surface area contributed by atoms with E-state index in [9.17, 15) is 31.1 Å². The van der Waals surface area contributed by atoms with Crippen LogP contribution < -0.4 is 5.32 Å². The molecule has 2 rings (SSSR count). The lowest BCUT2D eigenvalue weighted by molar-refractivity contribution is -0.213. The van der Waals surface area contributed by atoms with E-state index < -0.39 is 35.7 Å². The first-order valence-corrected chi connectivity index (χ1v) is 8.85. The highest BCUT2D eigenvalue weighted by molar-refractivity contribution is 5.91. The van der Waals surface area contributed by atoms with E-state index in [1.54, 1.807) is 0 Å². The minimum Gasteiger partial charge on any atom is -0.309 e. The minimum absolute atomic E-state index is 0.0396. The van der Waals surface area contributed by atoms with Crippen LogP contribution in [0, 0.1) is 10.8 Å². The lowest BCUT2D eigenvalue weighted by atomic mass is 9.88. The van der Waals surface area contributed by atoms with Crippen LogP contribution >= 0.6 is 0 Å². The second kappa shape index (κ2) is 7.21. The van der Waals surface area contributed by atoms with Crippen LogP contribution in [0.15, 0.2) is 18.3 Å². The number of alkyl halides is 6. The predicted molar refractivity (Wildman–Crippen MR) is 96.4 cm³/mol. The van der Waals surface area contributed by atoms with Gasteiger partial charge in [0.2, 0.25) is 5.91 Å². The average molecular weight is 423 g/mol. The first kappa shape index (κ1) is 23.0. The number of fused-ring (bicyclic) bond motifs is 1. The van der Waals surface area contributed by atoms with Gasteiger partial charge in [-0.15, -0.1) is 0 Å². The van der Waals surface area contributed by atoms with E-state index in [1.807, 2.05) is 20.8 Å². The van der Waals surface area contributed by atoms with E-state index in [1.165, 1.54) is 4.40 Å². The molecule has 0 aliphatic rings. The lowest BCUT2D eigenvalue weighted by Crippen LogP contribution is -2.36. The molecule has 0 bridgehead atoms. The summed E-state index contributed by atoms with van der Waals surface area (Å²) in [6.07, 6.45) is -8.88. The molecule has 2 heterocycles. The molecular weight excluding hydrogens is 400 g/mol. The molecule has 0 saturated heterocycles. The summed E-state index contributed by atoms with van der Waals surface area (Å²) in [7, 11) is 0. The van der Waals surface area contributed by atoms with Gasteiger partial charge in [0.25, 0.3) is 0 Å². The van der Waals surface area contributed by atoms with Gasteiger partial charge in [-0.25, -0.2) is 4.98 Å². The highest BCUT2D eigenvalue weighted by atomic mass is 19.4. The van der Waals surface area contributed by atoms with Crippen molar-refractivity contribution in [2.45, 2.75) is 59.8 Å². The van der Waals surface area contributed by atoms with Gasteiger partial charge in [-0.3, -0.25) is 4.79 Å². The van der Waals surface area contributed by atoms with Crippen LogP contribution in [0.3, 0.4) is 0 Å². The molecule has 10 heteroatoms. The van der Waals surface area contributed by atoms with E-state index in [4.69, 9.17) is 0 Å². The summed E-state index contributed by atoms with van der Waals surface area (Å²) < 4.78 is 79.6. The summed E-state index contributed by atoms with van der Waals surface area (Å²) in [6, 6.07) is 2.02. The van der Waals surface area contributed by atoms with Gasteiger partial charge in [-0.2, -0.15) is 26.3 Å². The molecule has 0 spiro atoms. The van der Waals surface area contributed by atoms with Gasteiger partial charge >= 0.3 is 12.4 Å². The number of pyridine rings is 1. The van der Waals surface area contributed by atoms with Gasteiger partial charge in [0.15, 0.2) is 5.82 Å². The van der Waals surface area contributed by atoms with Crippen molar-refractivity contribution in [3.63, 3.8) is 0 Å². The number of nitrogens with zero attached hydrogens (tertiary/aromatic N) is 2. The number of nitrogens with one attached hydrogen (secondary N) is 1. The molecule has 0 atom stereocenters. The molecule has 4 nitrogen and oxygen atoms in total. The third-order valence-corrected chi connectivity index (χ3v) is 4.37. The maximum absolute atomic E-state index is 13.1. The molecule has 2 aromatic rings. The number of anilines is 1. The smallest absolute Gasteiger partial charge is 0.309 e. The number of carbonyl (C=O) groups is 1. The molecule has 0 aliphatic heterocycles. The molecule has 0 fully saturated rings. The van der Waals surface area contributed by atoms with Crippen LogP contribution in [-0.2, 0) is 17.4 Å². The van der Waals surface area contributed by atoms with E-state index in [-0.39, 0.29) is 29.0 Å². The van der Waals surface area contributed by atoms with E-state index in [2.05, 4.69) is 10.3 Å². The summed E-state index contributed by atoms with van der Waals surface area (Å²) in [4.78, 5) is 16.4. The van der Waals surface area contributed by atoms with Gasteiger partial charge < -0.3 is 9.72 Å². The molecule has 0 saturated carbocycles. The highest BCUT2D eigenvalue weighted by Crippen LogP contribution is 2.40. The number of carbonyl (C=O) groups excluding carboxylic acids is 1. The SMILES string of the molecule is CC(C)(C)Cc1c(NC(=O)CC(C)(C)C(F)(F)F)nc2ccc(C(F)(F)F)cn12. The topological polar surface area (TPSA) is 46.4 Å². The van der Waals surface area contributed by atoms with Crippen LogP contribution in [0.5, 0.6) is 0 Å². The van der Waals surface area contributed by atoms with Gasteiger partial charge in [0.1, 0.15) is 5.65 Å². The minimum atomic E-state index is -4.58. The maximum Gasteiger partial charge on any atom is 0.417 e. The molecule has 0 aromatic carbocycles. The highest BCUT2D eigenvalue weighted by Gasteiger charge is 2.48. The standard InChI is InChI=1S/C19H23F6N3O/c1-16(2,3)8-12-15(27-14(29)9-17(4,5)19(23,24)25)26-13-7-6-11(10-28(12)13)18(20,21)22/h6-7,10H,8-9H2,1-5H3,(H,27,29). The van der Waals surface area contributed by atoms with Gasteiger partial charge in [0, 0.05) is 12.6 Å². The van der Waals surface area contributed by atoms with Crippen LogP contribution in [0.4, 0.5) is 32.2 Å². The van der Waals surface area contributed by atoms with Crippen LogP contribution in [0.25, 0.3) is 5.65 Å². The summed E-state index contributed by atoms with van der Waals surface area (Å²) in [5, 5.41) is 2.36. The van der Waals surface area contributed by atoms with Crippen molar-refractivity contribution < 1.29 is 31.1 Å². The third kappa shape index (κ3) is 5.42. The largest absolute Gasteiger partial charge is 0.417 e. The normalized spacial score (nSPS) is 13.8. The Bertz CT molecular complexity index is 904. The molecule has 162 valence electrons. The zero-order valence-corrected chi connectivity index (χ0v) is 16.7. The summed E-state index contributed by atoms with van der Waals surface area (Å²) in [5.41, 5.74) is -3.09. The second-order valence-corrected chi connectivity index (χ2v) is 8.89. The van der Waals surface area contributed by atoms with E-state index in [0.717, 1.165) is 32.2 Å². The summed E-state index contributed by atoms with van der Waals surface area (Å²) >= 11 is 0. The van der Waals surface area contributed by atoms with Crippen molar-refractivity contribution in [3.05, 3.63) is 29.6 Å². The summed E-state index contributed by atoms with van der Waals surface area (Å²) in [6.45, 7) is 7.35. The zero-order valence-electron chi connectivity index (χ0n) is 16.7. The molecule has 1 N–H and O–H groups in total. The Labute approximate surface area is 164 Å². The van der Waals surface area contributed by atoms with E-state index in [0.29, 0.717) is 0 Å². The molecule has 0 radical (unpaired) electrons. The Hall–Kier alpha value is -2.26. The van der Waals surface area contributed by atoms with Crippen molar-refractivity contribution in [2.24, 2.45) is 10.8 Å². The maximum atomic E-state index is 13.1. The Kier molecular flexibility index (Phi) is 5.73. The fraction of sp³-hybridized carbons (Fsp3) is 0.579.